The lowest BCUT2D eigenvalue weighted by Crippen LogP contribution is -2.47. The van der Waals surface area contributed by atoms with Crippen LogP contribution < -0.4 is 20.3 Å². The van der Waals surface area contributed by atoms with E-state index in [4.69, 9.17) is 4.74 Å². The highest BCUT2D eigenvalue weighted by molar-refractivity contribution is 6.08. The van der Waals surface area contributed by atoms with E-state index in [1.165, 1.54) is 35.2 Å². The summed E-state index contributed by atoms with van der Waals surface area (Å²) < 4.78 is 5.65. The molecule has 172 valence electrons. The zero-order chi connectivity index (χ0) is 24.2. The van der Waals surface area contributed by atoms with Crippen molar-refractivity contribution in [1.29, 1.82) is 0 Å². The van der Waals surface area contributed by atoms with Crippen molar-refractivity contribution < 1.29 is 24.0 Å². The van der Waals surface area contributed by atoms with E-state index in [9.17, 15) is 24.5 Å². The first kappa shape index (κ1) is 22.5. The molecule has 3 aromatic rings. The Labute approximate surface area is 194 Å². The summed E-state index contributed by atoms with van der Waals surface area (Å²) in [6, 6.07) is 18.8. The average Bonchev–Trinajstić information content (AvgIpc) is 2.83. The first-order valence-electron chi connectivity index (χ1n) is 10.3. The fourth-order valence-corrected chi connectivity index (χ4v) is 3.45. The lowest BCUT2D eigenvalue weighted by molar-refractivity contribution is -0.384. The zero-order valence-corrected chi connectivity index (χ0v) is 18.1. The Balaban J connectivity index is 1.54. The zero-order valence-electron chi connectivity index (χ0n) is 18.1. The Kier molecular flexibility index (Phi) is 6.22. The smallest absolute Gasteiger partial charge is 0.269 e. The van der Waals surface area contributed by atoms with Crippen LogP contribution in [-0.4, -0.2) is 35.3 Å². The molecule has 1 unspecified atom stereocenters. The van der Waals surface area contributed by atoms with E-state index >= 15 is 0 Å². The van der Waals surface area contributed by atoms with E-state index in [1.807, 2.05) is 6.07 Å². The van der Waals surface area contributed by atoms with E-state index in [2.05, 4.69) is 10.6 Å². The molecule has 1 heterocycles. The maximum Gasteiger partial charge on any atom is 0.269 e. The molecule has 1 aliphatic rings. The number of ether oxygens (including phenoxy) is 1. The summed E-state index contributed by atoms with van der Waals surface area (Å²) in [5, 5.41) is 16.2. The molecule has 4 rings (SSSR count). The third-order valence-corrected chi connectivity index (χ3v) is 5.12. The molecular formula is C24H20N4O6. The number of carbonyl (C=O) groups is 3. The number of hydrogen-bond acceptors (Lipinski definition) is 6. The summed E-state index contributed by atoms with van der Waals surface area (Å²) in [5.41, 5.74) is 1.41. The molecule has 0 saturated carbocycles. The number of rotatable bonds is 6. The molecule has 10 heteroatoms. The van der Waals surface area contributed by atoms with Gasteiger partial charge >= 0.3 is 0 Å². The number of para-hydroxylation sites is 1. The molecule has 0 fully saturated rings. The van der Waals surface area contributed by atoms with E-state index in [1.54, 1.807) is 43.3 Å². The molecule has 3 amide bonds. The largest absolute Gasteiger partial charge is 0.479 e. The van der Waals surface area contributed by atoms with Crippen molar-refractivity contribution in [3.05, 3.63) is 88.5 Å². The molecule has 1 atom stereocenters. The predicted octanol–water partition coefficient (Wildman–Crippen LogP) is 3.60. The number of carbonyl (C=O) groups excluding carboxylic acids is 3. The van der Waals surface area contributed by atoms with Gasteiger partial charge in [0.2, 0.25) is 5.91 Å². The molecule has 3 aromatic carbocycles. The second kappa shape index (κ2) is 9.41. The maximum absolute atomic E-state index is 12.8. The van der Waals surface area contributed by atoms with Crippen LogP contribution in [0, 0.1) is 10.1 Å². The molecule has 0 bridgehead atoms. The van der Waals surface area contributed by atoms with Gasteiger partial charge < -0.3 is 15.4 Å². The monoisotopic (exact) mass is 460 g/mol. The summed E-state index contributed by atoms with van der Waals surface area (Å²) in [6.07, 6.45) is -0.780. The van der Waals surface area contributed by atoms with Crippen LogP contribution in [0.2, 0.25) is 0 Å². The van der Waals surface area contributed by atoms with Crippen molar-refractivity contribution in [2.75, 3.05) is 22.1 Å². The van der Waals surface area contributed by atoms with Gasteiger partial charge in [0.1, 0.15) is 12.3 Å². The molecule has 0 radical (unpaired) electrons. The van der Waals surface area contributed by atoms with Gasteiger partial charge in [-0.1, -0.05) is 18.2 Å². The van der Waals surface area contributed by atoms with Crippen LogP contribution in [0.4, 0.5) is 22.7 Å². The molecule has 0 aromatic heterocycles. The maximum atomic E-state index is 12.8. The summed E-state index contributed by atoms with van der Waals surface area (Å²) >= 11 is 0. The van der Waals surface area contributed by atoms with Gasteiger partial charge in [-0.3, -0.25) is 29.4 Å². The van der Waals surface area contributed by atoms with Crippen LogP contribution in [0.15, 0.2) is 72.8 Å². The first-order chi connectivity index (χ1) is 16.3. The second-order valence-corrected chi connectivity index (χ2v) is 7.54. The Hall–Kier alpha value is -4.73. The van der Waals surface area contributed by atoms with Gasteiger partial charge in [-0.2, -0.15) is 0 Å². The molecule has 10 nitrogen and oxygen atoms in total. The predicted molar refractivity (Wildman–Crippen MR) is 125 cm³/mol. The minimum atomic E-state index is -0.780. The molecule has 0 spiro atoms. The van der Waals surface area contributed by atoms with Gasteiger partial charge in [-0.15, -0.1) is 0 Å². The third-order valence-electron chi connectivity index (χ3n) is 5.12. The van der Waals surface area contributed by atoms with Gasteiger partial charge in [0.05, 0.1) is 10.6 Å². The number of fused-ring (bicyclic) bond motifs is 1. The van der Waals surface area contributed by atoms with Gasteiger partial charge in [-0.05, 0) is 49.4 Å². The number of anilines is 3. The van der Waals surface area contributed by atoms with Crippen molar-refractivity contribution in [2.45, 2.75) is 13.0 Å². The average molecular weight is 460 g/mol. The highest BCUT2D eigenvalue weighted by Gasteiger charge is 2.33. The van der Waals surface area contributed by atoms with Crippen molar-refractivity contribution in [2.24, 2.45) is 0 Å². The van der Waals surface area contributed by atoms with E-state index in [0.29, 0.717) is 22.8 Å². The Morgan fingerprint density at radius 2 is 1.71 bits per heavy atom. The van der Waals surface area contributed by atoms with E-state index < -0.39 is 22.8 Å². The van der Waals surface area contributed by atoms with Crippen molar-refractivity contribution in [3.8, 4) is 5.75 Å². The number of non-ortho nitro benzene ring substituents is 1. The van der Waals surface area contributed by atoms with Gasteiger partial charge in [0, 0.05) is 29.1 Å². The fraction of sp³-hybridized carbons (Fsp3) is 0.125. The van der Waals surface area contributed by atoms with E-state index in [-0.39, 0.29) is 23.7 Å². The van der Waals surface area contributed by atoms with Crippen LogP contribution >= 0.6 is 0 Å². The summed E-state index contributed by atoms with van der Waals surface area (Å²) in [6.45, 7) is 1.35. The number of amides is 3. The molecule has 1 aliphatic heterocycles. The molecular weight excluding hydrogens is 440 g/mol. The second-order valence-electron chi connectivity index (χ2n) is 7.54. The number of nitro groups is 1. The van der Waals surface area contributed by atoms with Crippen LogP contribution in [-0.2, 0) is 9.59 Å². The topological polar surface area (TPSA) is 131 Å². The number of nitro benzene ring substituents is 1. The van der Waals surface area contributed by atoms with Crippen LogP contribution in [0.3, 0.4) is 0 Å². The Morgan fingerprint density at radius 3 is 2.38 bits per heavy atom. The van der Waals surface area contributed by atoms with Gasteiger partial charge in [0.25, 0.3) is 17.5 Å². The van der Waals surface area contributed by atoms with Crippen molar-refractivity contribution in [1.82, 2.24) is 0 Å². The third kappa shape index (κ3) is 4.85. The molecule has 0 saturated heterocycles. The normalized spacial score (nSPS) is 14.6. The first-order valence-corrected chi connectivity index (χ1v) is 10.3. The summed E-state index contributed by atoms with van der Waals surface area (Å²) in [5.74, 6) is -0.873. The van der Waals surface area contributed by atoms with Gasteiger partial charge in [-0.25, -0.2) is 0 Å². The number of benzene rings is 3. The summed E-state index contributed by atoms with van der Waals surface area (Å²) in [4.78, 5) is 49.5. The molecule has 0 aliphatic carbocycles. The van der Waals surface area contributed by atoms with Crippen molar-refractivity contribution in [3.63, 3.8) is 0 Å². The Morgan fingerprint density at radius 1 is 1.00 bits per heavy atom. The van der Waals surface area contributed by atoms with Crippen molar-refractivity contribution >= 4 is 40.5 Å². The Bertz CT molecular complexity index is 1260. The van der Waals surface area contributed by atoms with Gasteiger partial charge in [0.15, 0.2) is 6.10 Å². The fourth-order valence-electron chi connectivity index (χ4n) is 3.45. The van der Waals surface area contributed by atoms with Crippen LogP contribution in [0.1, 0.15) is 17.3 Å². The summed E-state index contributed by atoms with van der Waals surface area (Å²) in [7, 11) is 0. The minimum absolute atomic E-state index is 0.125. The van der Waals surface area contributed by atoms with Crippen LogP contribution in [0.5, 0.6) is 5.75 Å². The number of nitrogens with zero attached hydrogens (tertiary/aromatic N) is 2. The highest BCUT2D eigenvalue weighted by Crippen LogP contribution is 2.36. The van der Waals surface area contributed by atoms with E-state index in [0.717, 1.165) is 0 Å². The quantitative estimate of drug-likeness (QED) is 0.427. The SMILES string of the molecule is CC1Oc2ccc(NC(=O)c3ccc([N+](=O)[O-])cc3)cc2N(CC(=O)Nc2ccccc2)C1=O. The highest BCUT2D eigenvalue weighted by atomic mass is 16.6. The number of nitrogens with one attached hydrogen (secondary N) is 2. The minimum Gasteiger partial charge on any atom is -0.479 e. The standard InChI is InChI=1S/C24H20N4O6/c1-15-24(31)27(14-22(29)25-17-5-3-2-4-6-17)20-13-18(9-12-21(20)34-15)26-23(30)16-7-10-19(11-8-16)28(32)33/h2-13,15H,14H2,1H3,(H,25,29)(H,26,30). The molecule has 2 N–H and O–H groups in total. The molecule has 34 heavy (non-hydrogen) atoms. The van der Waals surface area contributed by atoms with Crippen LogP contribution in [0.25, 0.3) is 0 Å². The lowest BCUT2D eigenvalue weighted by Gasteiger charge is -2.33. The lowest BCUT2D eigenvalue weighted by atomic mass is 10.1. The number of hydrogen-bond donors (Lipinski definition) is 2.